The van der Waals surface area contributed by atoms with Crippen molar-refractivity contribution in [2.75, 3.05) is 44.6 Å². The Balaban J connectivity index is 1.28. The quantitative estimate of drug-likeness (QED) is 0.616. The second-order valence-corrected chi connectivity index (χ2v) is 8.31. The predicted molar refractivity (Wildman–Crippen MR) is 124 cm³/mol. The second-order valence-electron chi connectivity index (χ2n) is 8.31. The predicted octanol–water partition coefficient (Wildman–Crippen LogP) is 3.79. The van der Waals surface area contributed by atoms with Gasteiger partial charge >= 0.3 is 5.63 Å². The summed E-state index contributed by atoms with van der Waals surface area (Å²) in [7, 11) is 0. The Kier molecular flexibility index (Phi) is 6.37. The Morgan fingerprint density at radius 3 is 2.45 bits per heavy atom. The fraction of sp³-hybridized carbons (Fsp3) is 0.360. The highest BCUT2D eigenvalue weighted by Gasteiger charge is 2.22. The SMILES string of the molecule is CC(C)c1ccc(C(=O)N2CCN(CCNc3cc(=O)oc4ccccc34)CC2)cc1. The molecular formula is C25H29N3O3. The van der Waals surface area contributed by atoms with Crippen molar-refractivity contribution in [2.45, 2.75) is 19.8 Å². The molecule has 3 aromatic rings. The van der Waals surface area contributed by atoms with E-state index in [1.807, 2.05) is 47.4 Å². The highest BCUT2D eigenvalue weighted by Crippen LogP contribution is 2.21. The molecule has 4 rings (SSSR count). The standard InChI is InChI=1S/C25H29N3O3/c1-18(2)19-7-9-20(10-8-19)25(30)28-15-13-27(14-16-28)12-11-26-22-17-24(29)31-23-6-4-3-5-21(22)23/h3-10,17-18,26H,11-16H2,1-2H3. The maximum absolute atomic E-state index is 12.8. The number of rotatable bonds is 6. The van der Waals surface area contributed by atoms with Crippen molar-refractivity contribution >= 4 is 22.6 Å². The molecule has 0 spiro atoms. The zero-order chi connectivity index (χ0) is 21.8. The van der Waals surface area contributed by atoms with Gasteiger partial charge < -0.3 is 14.6 Å². The van der Waals surface area contributed by atoms with Gasteiger partial charge in [0, 0.05) is 56.3 Å². The normalized spacial score (nSPS) is 14.9. The monoisotopic (exact) mass is 419 g/mol. The lowest BCUT2D eigenvalue weighted by Crippen LogP contribution is -2.49. The number of amides is 1. The molecule has 2 heterocycles. The first-order chi connectivity index (χ1) is 15.0. The van der Waals surface area contributed by atoms with Gasteiger partial charge in [-0.2, -0.15) is 0 Å². The summed E-state index contributed by atoms with van der Waals surface area (Å²) < 4.78 is 5.24. The van der Waals surface area contributed by atoms with Crippen molar-refractivity contribution in [2.24, 2.45) is 0 Å². The van der Waals surface area contributed by atoms with Gasteiger partial charge in [-0.1, -0.05) is 38.1 Å². The molecule has 1 aliphatic heterocycles. The lowest BCUT2D eigenvalue weighted by Gasteiger charge is -2.34. The molecule has 2 aromatic carbocycles. The molecule has 6 nitrogen and oxygen atoms in total. The van der Waals surface area contributed by atoms with Crippen LogP contribution >= 0.6 is 0 Å². The van der Waals surface area contributed by atoms with Crippen molar-refractivity contribution in [1.29, 1.82) is 0 Å². The Morgan fingerprint density at radius 2 is 1.74 bits per heavy atom. The summed E-state index contributed by atoms with van der Waals surface area (Å²) in [5.74, 6) is 0.570. The molecule has 0 radical (unpaired) electrons. The summed E-state index contributed by atoms with van der Waals surface area (Å²) in [4.78, 5) is 28.9. The van der Waals surface area contributed by atoms with Crippen LogP contribution in [0.25, 0.3) is 11.0 Å². The molecule has 31 heavy (non-hydrogen) atoms. The molecule has 1 aromatic heterocycles. The van der Waals surface area contributed by atoms with Gasteiger partial charge in [0.15, 0.2) is 0 Å². The molecule has 1 saturated heterocycles. The summed E-state index contributed by atoms with van der Waals surface area (Å²) in [6.07, 6.45) is 0. The first kappa shape index (κ1) is 21.1. The van der Waals surface area contributed by atoms with Crippen molar-refractivity contribution in [3.8, 4) is 0 Å². The number of para-hydroxylation sites is 1. The molecule has 1 amide bonds. The van der Waals surface area contributed by atoms with Gasteiger partial charge in [-0.25, -0.2) is 4.79 Å². The summed E-state index contributed by atoms with van der Waals surface area (Å²) in [5, 5.41) is 4.27. The second kappa shape index (κ2) is 9.35. The highest BCUT2D eigenvalue weighted by molar-refractivity contribution is 5.94. The third kappa shape index (κ3) is 4.97. The highest BCUT2D eigenvalue weighted by atomic mass is 16.4. The number of hydrogen-bond donors (Lipinski definition) is 1. The fourth-order valence-electron chi connectivity index (χ4n) is 3.97. The number of piperazine rings is 1. The number of benzene rings is 2. The van der Waals surface area contributed by atoms with Crippen LogP contribution in [-0.2, 0) is 0 Å². The largest absolute Gasteiger partial charge is 0.423 e. The molecule has 0 saturated carbocycles. The Labute approximate surface area is 182 Å². The maximum Gasteiger partial charge on any atom is 0.338 e. The van der Waals surface area contributed by atoms with Crippen molar-refractivity contribution in [3.05, 3.63) is 76.1 Å². The zero-order valence-electron chi connectivity index (χ0n) is 18.1. The minimum atomic E-state index is -0.352. The molecule has 1 aliphatic rings. The number of nitrogens with zero attached hydrogens (tertiary/aromatic N) is 2. The molecule has 1 N–H and O–H groups in total. The van der Waals surface area contributed by atoms with Crippen molar-refractivity contribution < 1.29 is 9.21 Å². The third-order valence-corrected chi connectivity index (χ3v) is 5.88. The number of anilines is 1. The van der Waals surface area contributed by atoms with Gasteiger partial charge in [0.25, 0.3) is 5.91 Å². The molecule has 1 fully saturated rings. The number of carbonyl (C=O) groups excluding carboxylic acids is 1. The van der Waals surface area contributed by atoms with E-state index in [0.717, 1.165) is 55.9 Å². The van der Waals surface area contributed by atoms with Gasteiger partial charge in [-0.3, -0.25) is 9.69 Å². The fourth-order valence-corrected chi connectivity index (χ4v) is 3.97. The van der Waals surface area contributed by atoms with Gasteiger partial charge in [0.1, 0.15) is 5.58 Å². The van der Waals surface area contributed by atoms with Crippen LogP contribution in [0, 0.1) is 0 Å². The minimum absolute atomic E-state index is 0.107. The minimum Gasteiger partial charge on any atom is -0.423 e. The van der Waals surface area contributed by atoms with E-state index in [9.17, 15) is 9.59 Å². The van der Waals surface area contributed by atoms with Crippen LogP contribution in [0.4, 0.5) is 5.69 Å². The average Bonchev–Trinajstić information content (AvgIpc) is 2.79. The number of nitrogens with one attached hydrogen (secondary N) is 1. The van der Waals surface area contributed by atoms with Crippen LogP contribution in [0.5, 0.6) is 0 Å². The molecule has 0 unspecified atom stereocenters. The van der Waals surface area contributed by atoms with Gasteiger partial charge in [0.2, 0.25) is 0 Å². The molecule has 162 valence electrons. The van der Waals surface area contributed by atoms with Gasteiger partial charge in [-0.05, 0) is 35.7 Å². The van der Waals surface area contributed by atoms with Crippen LogP contribution in [-0.4, -0.2) is 55.0 Å². The van der Waals surface area contributed by atoms with E-state index in [1.165, 1.54) is 11.6 Å². The van der Waals surface area contributed by atoms with Crippen molar-refractivity contribution in [3.63, 3.8) is 0 Å². The van der Waals surface area contributed by atoms with Crippen LogP contribution in [0.15, 0.2) is 63.8 Å². The lowest BCUT2D eigenvalue weighted by molar-refractivity contribution is 0.0642. The van der Waals surface area contributed by atoms with E-state index in [0.29, 0.717) is 11.5 Å². The number of hydrogen-bond acceptors (Lipinski definition) is 5. The van der Waals surface area contributed by atoms with E-state index < -0.39 is 0 Å². The first-order valence-corrected chi connectivity index (χ1v) is 10.9. The smallest absolute Gasteiger partial charge is 0.338 e. The first-order valence-electron chi connectivity index (χ1n) is 10.9. The maximum atomic E-state index is 12.8. The van der Waals surface area contributed by atoms with E-state index in [-0.39, 0.29) is 11.5 Å². The van der Waals surface area contributed by atoms with Crippen LogP contribution in [0.3, 0.4) is 0 Å². The van der Waals surface area contributed by atoms with E-state index in [1.54, 1.807) is 6.07 Å². The number of fused-ring (bicyclic) bond motifs is 1. The molecule has 0 atom stereocenters. The average molecular weight is 420 g/mol. The zero-order valence-corrected chi connectivity index (χ0v) is 18.1. The summed E-state index contributed by atoms with van der Waals surface area (Å²) >= 11 is 0. The lowest BCUT2D eigenvalue weighted by atomic mass is 10.0. The Bertz CT molecular complexity index is 1100. The van der Waals surface area contributed by atoms with Crippen LogP contribution in [0.2, 0.25) is 0 Å². The van der Waals surface area contributed by atoms with E-state index >= 15 is 0 Å². The molecule has 0 bridgehead atoms. The molecule has 0 aliphatic carbocycles. The number of carbonyl (C=O) groups is 1. The van der Waals surface area contributed by atoms with Gasteiger partial charge in [0.05, 0.1) is 5.69 Å². The van der Waals surface area contributed by atoms with E-state index in [4.69, 9.17) is 4.42 Å². The van der Waals surface area contributed by atoms with Crippen LogP contribution < -0.4 is 10.9 Å². The van der Waals surface area contributed by atoms with E-state index in [2.05, 4.69) is 24.1 Å². The van der Waals surface area contributed by atoms with Gasteiger partial charge in [-0.15, -0.1) is 0 Å². The van der Waals surface area contributed by atoms with Crippen LogP contribution in [0.1, 0.15) is 35.7 Å². The summed E-state index contributed by atoms with van der Waals surface area (Å²) in [6.45, 7) is 9.01. The molecular weight excluding hydrogens is 390 g/mol. The summed E-state index contributed by atoms with van der Waals surface area (Å²) in [6, 6.07) is 17.0. The van der Waals surface area contributed by atoms with Crippen molar-refractivity contribution in [1.82, 2.24) is 9.80 Å². The summed E-state index contributed by atoms with van der Waals surface area (Å²) in [5.41, 5.74) is 3.04. The Hall–Kier alpha value is -3.12. The Morgan fingerprint density at radius 1 is 1.03 bits per heavy atom. The topological polar surface area (TPSA) is 65.8 Å². The third-order valence-electron chi connectivity index (χ3n) is 5.88. The molecule has 6 heteroatoms.